The van der Waals surface area contributed by atoms with Gasteiger partial charge in [-0.05, 0) is 52.3 Å². The number of thiophene rings is 1. The van der Waals surface area contributed by atoms with Gasteiger partial charge in [-0.15, -0.1) is 11.3 Å². The van der Waals surface area contributed by atoms with Crippen LogP contribution in [0.4, 0.5) is 0 Å². The zero-order chi connectivity index (χ0) is 16.0. The molecular weight excluding hydrogens is 406 g/mol. The summed E-state index contributed by atoms with van der Waals surface area (Å²) in [4.78, 5) is 1.52. The summed E-state index contributed by atoms with van der Waals surface area (Å²) < 4.78 is 32.9. The summed E-state index contributed by atoms with van der Waals surface area (Å²) in [6, 6.07) is 10.4. The molecule has 0 amide bonds. The Morgan fingerprint density at radius 2 is 1.95 bits per heavy atom. The molecule has 0 unspecified atom stereocenters. The van der Waals surface area contributed by atoms with Crippen molar-refractivity contribution in [2.75, 3.05) is 19.4 Å². The van der Waals surface area contributed by atoms with Gasteiger partial charge in [-0.2, -0.15) is 11.8 Å². The number of ether oxygens (including phenoxy) is 1. The zero-order valence-corrected chi connectivity index (χ0v) is 15.9. The number of hydrogen-bond acceptors (Lipinski definition) is 5. The maximum atomic E-state index is 12.1. The van der Waals surface area contributed by atoms with Crippen LogP contribution in [0.2, 0.25) is 0 Å². The molecule has 0 bridgehead atoms. The minimum Gasteiger partial charge on any atom is -0.497 e. The Balaban J connectivity index is 1.77. The second-order valence-electron chi connectivity index (χ2n) is 4.33. The van der Waals surface area contributed by atoms with Crippen molar-refractivity contribution >= 4 is 49.1 Å². The molecule has 8 heteroatoms. The third kappa shape index (κ3) is 5.27. The van der Waals surface area contributed by atoms with E-state index in [9.17, 15) is 8.42 Å². The van der Waals surface area contributed by atoms with Crippen molar-refractivity contribution in [2.45, 2.75) is 10.6 Å². The molecule has 1 heterocycles. The molecule has 1 aromatic carbocycles. The molecule has 0 spiro atoms. The largest absolute Gasteiger partial charge is 0.497 e. The summed E-state index contributed by atoms with van der Waals surface area (Å²) in [6.45, 7) is 0.408. The summed E-state index contributed by atoms with van der Waals surface area (Å²) >= 11 is 6.83. The smallest absolute Gasteiger partial charge is 0.240 e. The summed E-state index contributed by atoms with van der Waals surface area (Å²) in [6.07, 6.45) is 0. The predicted molar refractivity (Wildman–Crippen MR) is 96.4 cm³/mol. The number of hydrogen-bond donors (Lipinski definition) is 1. The number of methoxy groups -OCH3 is 1. The SMILES string of the molecule is COc1ccc(S(=O)(=O)NCCSCc2ccc(Br)s2)cc1. The minimum atomic E-state index is -3.45. The van der Waals surface area contributed by atoms with E-state index in [-0.39, 0.29) is 4.90 Å². The number of halogens is 1. The molecule has 22 heavy (non-hydrogen) atoms. The Morgan fingerprint density at radius 1 is 1.23 bits per heavy atom. The fraction of sp³-hybridized carbons (Fsp3) is 0.286. The Morgan fingerprint density at radius 3 is 2.55 bits per heavy atom. The topological polar surface area (TPSA) is 55.4 Å². The maximum absolute atomic E-state index is 12.1. The fourth-order valence-corrected chi connectivity index (χ4v) is 5.30. The van der Waals surface area contributed by atoms with Crippen LogP contribution in [0.15, 0.2) is 45.1 Å². The summed E-state index contributed by atoms with van der Waals surface area (Å²) in [5.41, 5.74) is 0. The van der Waals surface area contributed by atoms with Crippen molar-refractivity contribution in [3.8, 4) is 5.75 Å². The van der Waals surface area contributed by atoms with Crippen LogP contribution in [0.1, 0.15) is 4.88 Å². The molecule has 2 rings (SSSR count). The van der Waals surface area contributed by atoms with E-state index in [2.05, 4.69) is 26.7 Å². The zero-order valence-electron chi connectivity index (χ0n) is 11.9. The molecule has 0 atom stereocenters. The second kappa shape index (κ2) is 8.35. The van der Waals surface area contributed by atoms with Gasteiger partial charge in [0.2, 0.25) is 10.0 Å². The van der Waals surface area contributed by atoms with E-state index in [1.54, 1.807) is 42.3 Å². The molecule has 4 nitrogen and oxygen atoms in total. The van der Waals surface area contributed by atoms with Crippen LogP contribution < -0.4 is 9.46 Å². The van der Waals surface area contributed by atoms with Gasteiger partial charge in [0.1, 0.15) is 5.75 Å². The molecule has 0 saturated carbocycles. The maximum Gasteiger partial charge on any atom is 0.240 e. The van der Waals surface area contributed by atoms with Crippen LogP contribution in [0.5, 0.6) is 5.75 Å². The van der Waals surface area contributed by atoms with Gasteiger partial charge in [0.25, 0.3) is 0 Å². The molecule has 1 aromatic heterocycles. The molecule has 120 valence electrons. The minimum absolute atomic E-state index is 0.250. The number of benzene rings is 1. The molecule has 0 aliphatic carbocycles. The third-order valence-electron chi connectivity index (χ3n) is 2.78. The molecule has 2 aromatic rings. The Kier molecular flexibility index (Phi) is 6.76. The van der Waals surface area contributed by atoms with Crippen LogP contribution >= 0.6 is 39.0 Å². The van der Waals surface area contributed by atoms with Crippen molar-refractivity contribution in [3.05, 3.63) is 45.1 Å². The highest BCUT2D eigenvalue weighted by Crippen LogP contribution is 2.25. The second-order valence-corrected chi connectivity index (χ2v) is 9.75. The fourth-order valence-electron chi connectivity index (χ4n) is 1.69. The van der Waals surface area contributed by atoms with E-state index >= 15 is 0 Å². The molecular formula is C14H16BrNO3S3. The Labute approximate surface area is 147 Å². The highest BCUT2D eigenvalue weighted by molar-refractivity contribution is 9.11. The summed E-state index contributed by atoms with van der Waals surface area (Å²) in [5, 5.41) is 0. The molecule has 0 radical (unpaired) electrons. The lowest BCUT2D eigenvalue weighted by molar-refractivity contribution is 0.414. The van der Waals surface area contributed by atoms with E-state index in [1.165, 1.54) is 17.0 Å². The first-order chi connectivity index (χ1) is 10.5. The highest BCUT2D eigenvalue weighted by atomic mass is 79.9. The van der Waals surface area contributed by atoms with E-state index in [0.29, 0.717) is 12.3 Å². The predicted octanol–water partition coefficient (Wildman–Crippen LogP) is 3.73. The number of thioether (sulfide) groups is 1. The normalized spacial score (nSPS) is 11.5. The highest BCUT2D eigenvalue weighted by Gasteiger charge is 2.13. The van der Waals surface area contributed by atoms with Gasteiger partial charge in [-0.1, -0.05) is 0 Å². The van der Waals surface area contributed by atoms with Gasteiger partial charge in [0.15, 0.2) is 0 Å². The third-order valence-corrected chi connectivity index (χ3v) is 7.07. The van der Waals surface area contributed by atoms with Crippen LogP contribution in [0.25, 0.3) is 0 Å². The van der Waals surface area contributed by atoms with Gasteiger partial charge in [-0.25, -0.2) is 13.1 Å². The average Bonchev–Trinajstić information content (AvgIpc) is 2.92. The van der Waals surface area contributed by atoms with Gasteiger partial charge >= 0.3 is 0 Å². The van der Waals surface area contributed by atoms with Gasteiger partial charge in [-0.3, -0.25) is 0 Å². The molecule has 0 aliphatic rings. The Bertz CT molecular complexity index is 698. The van der Waals surface area contributed by atoms with E-state index < -0.39 is 10.0 Å². The quantitative estimate of drug-likeness (QED) is 0.659. The monoisotopic (exact) mass is 421 g/mol. The Hall–Kier alpha value is -0.540. The summed E-state index contributed by atoms with van der Waals surface area (Å²) in [7, 11) is -1.90. The molecule has 0 fully saturated rings. The van der Waals surface area contributed by atoms with Crippen molar-refractivity contribution in [1.29, 1.82) is 0 Å². The van der Waals surface area contributed by atoms with Crippen molar-refractivity contribution in [2.24, 2.45) is 0 Å². The standard InChI is InChI=1S/C14H16BrNO3S3/c1-19-11-2-5-13(6-3-11)22(17,18)16-8-9-20-10-12-4-7-14(15)21-12/h2-7,16H,8-10H2,1H3. The molecule has 1 N–H and O–H groups in total. The van der Waals surface area contributed by atoms with Gasteiger partial charge < -0.3 is 4.74 Å². The number of rotatable bonds is 8. The van der Waals surface area contributed by atoms with Crippen molar-refractivity contribution < 1.29 is 13.2 Å². The number of nitrogens with one attached hydrogen (secondary N) is 1. The number of sulfonamides is 1. The van der Waals surface area contributed by atoms with Gasteiger partial charge in [0, 0.05) is 22.9 Å². The van der Waals surface area contributed by atoms with E-state index in [4.69, 9.17) is 4.74 Å². The van der Waals surface area contributed by atoms with Crippen LogP contribution in [0, 0.1) is 0 Å². The van der Waals surface area contributed by atoms with E-state index in [1.807, 2.05) is 6.07 Å². The van der Waals surface area contributed by atoms with Crippen LogP contribution in [0.3, 0.4) is 0 Å². The summed E-state index contributed by atoms with van der Waals surface area (Å²) in [5.74, 6) is 2.25. The lowest BCUT2D eigenvalue weighted by Gasteiger charge is -2.07. The van der Waals surface area contributed by atoms with Crippen LogP contribution in [-0.4, -0.2) is 27.8 Å². The van der Waals surface area contributed by atoms with Crippen molar-refractivity contribution in [3.63, 3.8) is 0 Å². The molecule has 0 aliphatic heterocycles. The van der Waals surface area contributed by atoms with Gasteiger partial charge in [0.05, 0.1) is 15.8 Å². The first kappa shape index (κ1) is 17.8. The van der Waals surface area contributed by atoms with E-state index in [0.717, 1.165) is 15.3 Å². The first-order valence-electron chi connectivity index (χ1n) is 6.47. The molecule has 0 saturated heterocycles. The average molecular weight is 422 g/mol. The van der Waals surface area contributed by atoms with Crippen LogP contribution in [-0.2, 0) is 15.8 Å². The van der Waals surface area contributed by atoms with Crippen molar-refractivity contribution in [1.82, 2.24) is 4.72 Å². The first-order valence-corrected chi connectivity index (χ1v) is 10.7. The lowest BCUT2D eigenvalue weighted by atomic mass is 10.3. The lowest BCUT2D eigenvalue weighted by Crippen LogP contribution is -2.26.